The van der Waals surface area contributed by atoms with Gasteiger partial charge in [0.15, 0.2) is 0 Å². The molecule has 2 rings (SSSR count). The number of Topliss-reactive ketones (excluding diaryl/α,β-unsaturated/α-hetero) is 1. The number of amides is 1. The zero-order chi connectivity index (χ0) is 31.4. The number of aryl methyl sites for hydroxylation is 1. The zero-order valence-electron chi connectivity index (χ0n) is 25.8. The number of ketones is 1. The van der Waals surface area contributed by atoms with E-state index in [0.717, 1.165) is 24.9 Å². The highest BCUT2D eigenvalue weighted by Crippen LogP contribution is 2.34. The number of nitriles is 1. The van der Waals surface area contributed by atoms with Crippen LogP contribution in [-0.4, -0.2) is 17.9 Å². The van der Waals surface area contributed by atoms with Gasteiger partial charge in [-0.1, -0.05) is 72.6 Å². The predicted octanol–water partition coefficient (Wildman–Crippen LogP) is 10.5. The molecule has 1 N–H and O–H groups in total. The molecule has 0 radical (unpaired) electrons. The van der Waals surface area contributed by atoms with E-state index in [-0.39, 0.29) is 24.5 Å². The van der Waals surface area contributed by atoms with Gasteiger partial charge in [-0.15, -0.1) is 0 Å². The molecule has 0 unspecified atom stereocenters. The van der Waals surface area contributed by atoms with Crippen LogP contribution in [0.4, 0.5) is 18.9 Å². The topological polar surface area (TPSA) is 70.0 Å². The van der Waals surface area contributed by atoms with Gasteiger partial charge in [0.05, 0.1) is 18.1 Å². The molecule has 0 aliphatic heterocycles. The summed E-state index contributed by atoms with van der Waals surface area (Å²) in [5.41, 5.74) is 5.61. The fourth-order valence-electron chi connectivity index (χ4n) is 4.27. The Morgan fingerprint density at radius 2 is 1.63 bits per heavy atom. The van der Waals surface area contributed by atoms with E-state index in [4.69, 9.17) is 5.26 Å². The van der Waals surface area contributed by atoms with Gasteiger partial charge in [0.25, 0.3) is 5.91 Å². The smallest absolute Gasteiger partial charge is 0.322 e. The predicted molar refractivity (Wildman–Crippen MR) is 164 cm³/mol. The van der Waals surface area contributed by atoms with Crippen LogP contribution in [0.5, 0.6) is 0 Å². The Kier molecular flexibility index (Phi) is 18.8. The quantitative estimate of drug-likeness (QED) is 0.275. The summed E-state index contributed by atoms with van der Waals surface area (Å²) < 4.78 is 34.2. The standard InChI is InChI=1S/C26H32N2O.C6H9F3O.C2H6/c1-5-9-21(10-6-2)24(11-7-3)25-17-23(15-14-19(25)4)28-26(29)22-13-8-12-20(16-22)18-27;1-2-5(10)3-4-6(7,8)9;1-2/h8,11-17,21H,5-7,9-10H2,1-4H3,(H,28,29);2-4H2,1H3;1-2H3/b24-11-;;. The van der Waals surface area contributed by atoms with Crippen molar-refractivity contribution in [1.29, 1.82) is 5.26 Å². The van der Waals surface area contributed by atoms with E-state index in [1.165, 1.54) is 29.5 Å². The van der Waals surface area contributed by atoms with Gasteiger partial charge in [-0.2, -0.15) is 18.4 Å². The summed E-state index contributed by atoms with van der Waals surface area (Å²) in [5, 5.41) is 12.1. The largest absolute Gasteiger partial charge is 0.389 e. The van der Waals surface area contributed by atoms with Crippen molar-refractivity contribution in [2.24, 2.45) is 5.92 Å². The molecule has 2 aromatic rings. The van der Waals surface area contributed by atoms with Crippen LogP contribution in [0.25, 0.3) is 5.57 Å². The van der Waals surface area contributed by atoms with Crippen LogP contribution in [0.2, 0.25) is 0 Å². The van der Waals surface area contributed by atoms with Gasteiger partial charge in [0.2, 0.25) is 0 Å². The maximum absolute atomic E-state index is 12.7. The Labute approximate surface area is 245 Å². The summed E-state index contributed by atoms with van der Waals surface area (Å²) in [6.45, 7) is 14.3. The molecular weight excluding hydrogens is 525 g/mol. The van der Waals surface area contributed by atoms with Gasteiger partial charge in [0, 0.05) is 24.1 Å². The molecular formula is C34H47F3N2O2. The molecule has 7 heteroatoms. The Morgan fingerprint density at radius 1 is 1.00 bits per heavy atom. The maximum Gasteiger partial charge on any atom is 0.389 e. The van der Waals surface area contributed by atoms with E-state index in [1.54, 1.807) is 31.2 Å². The highest BCUT2D eigenvalue weighted by Gasteiger charge is 2.27. The number of halogens is 3. The lowest BCUT2D eigenvalue weighted by Gasteiger charge is -2.22. The molecule has 1 amide bonds. The highest BCUT2D eigenvalue weighted by atomic mass is 19.4. The summed E-state index contributed by atoms with van der Waals surface area (Å²) in [4.78, 5) is 23.0. The first kappa shape index (κ1) is 37.6. The number of nitrogens with zero attached hydrogens (tertiary/aromatic N) is 1. The Hall–Kier alpha value is -3.40. The van der Waals surface area contributed by atoms with Crippen LogP contribution in [0.15, 0.2) is 48.5 Å². The van der Waals surface area contributed by atoms with Crippen molar-refractivity contribution in [3.8, 4) is 6.07 Å². The SMILES string of the molecule is CC.CC/C=C(\c1cc(NC(=O)c2cccc(C#N)c2)ccc1C)C(CCC)CCC.CCC(=O)CCC(F)(F)F. The molecule has 0 spiro atoms. The third-order valence-corrected chi connectivity index (χ3v) is 6.28. The number of rotatable bonds is 12. The fraction of sp³-hybridized carbons (Fsp3) is 0.500. The van der Waals surface area contributed by atoms with Crippen molar-refractivity contribution >= 4 is 23.0 Å². The number of hydrogen-bond acceptors (Lipinski definition) is 3. The number of alkyl halides is 3. The Morgan fingerprint density at radius 3 is 2.15 bits per heavy atom. The molecule has 0 aromatic heterocycles. The minimum atomic E-state index is -4.19. The third-order valence-electron chi connectivity index (χ3n) is 6.28. The van der Waals surface area contributed by atoms with E-state index in [9.17, 15) is 22.8 Å². The van der Waals surface area contributed by atoms with Crippen LogP contribution in [0.3, 0.4) is 0 Å². The molecule has 0 heterocycles. The monoisotopic (exact) mass is 572 g/mol. The minimum Gasteiger partial charge on any atom is -0.322 e. The Balaban J connectivity index is 0.00000113. The number of carbonyl (C=O) groups is 2. The summed E-state index contributed by atoms with van der Waals surface area (Å²) in [5.74, 6) is 0.0100. The van der Waals surface area contributed by atoms with Crippen molar-refractivity contribution < 1.29 is 22.8 Å². The lowest BCUT2D eigenvalue weighted by Crippen LogP contribution is -2.13. The van der Waals surface area contributed by atoms with E-state index in [1.807, 2.05) is 19.9 Å². The second-order valence-electron chi connectivity index (χ2n) is 9.53. The number of anilines is 1. The molecule has 0 aliphatic rings. The zero-order valence-corrected chi connectivity index (χ0v) is 25.8. The van der Waals surface area contributed by atoms with Gasteiger partial charge >= 0.3 is 6.18 Å². The van der Waals surface area contributed by atoms with Crippen molar-refractivity contribution in [3.05, 3.63) is 70.8 Å². The first-order chi connectivity index (χ1) is 19.5. The molecule has 0 saturated carbocycles. The molecule has 0 fully saturated rings. The lowest BCUT2D eigenvalue weighted by molar-refractivity contribution is -0.143. The van der Waals surface area contributed by atoms with E-state index >= 15 is 0 Å². The van der Waals surface area contributed by atoms with Crippen LogP contribution in [-0.2, 0) is 4.79 Å². The molecule has 4 nitrogen and oxygen atoms in total. The summed E-state index contributed by atoms with van der Waals surface area (Å²) in [6, 6.07) is 15.0. The third kappa shape index (κ3) is 14.7. The van der Waals surface area contributed by atoms with Crippen molar-refractivity contribution in [2.75, 3.05) is 5.32 Å². The van der Waals surface area contributed by atoms with Gasteiger partial charge in [-0.3, -0.25) is 9.59 Å². The second kappa shape index (κ2) is 20.5. The minimum absolute atomic E-state index is 0.191. The van der Waals surface area contributed by atoms with Gasteiger partial charge < -0.3 is 5.32 Å². The molecule has 0 bridgehead atoms. The van der Waals surface area contributed by atoms with E-state index < -0.39 is 12.6 Å². The normalized spacial score (nSPS) is 11.0. The lowest BCUT2D eigenvalue weighted by atomic mass is 9.83. The van der Waals surface area contributed by atoms with Crippen LogP contribution < -0.4 is 5.32 Å². The van der Waals surface area contributed by atoms with Gasteiger partial charge in [0.1, 0.15) is 5.78 Å². The average Bonchev–Trinajstić information content (AvgIpc) is 2.96. The van der Waals surface area contributed by atoms with E-state index in [2.05, 4.69) is 57.3 Å². The molecule has 0 aliphatic carbocycles. The number of allylic oxidation sites excluding steroid dienone is 2. The van der Waals surface area contributed by atoms with Crippen molar-refractivity contribution in [3.63, 3.8) is 0 Å². The Bertz CT molecular complexity index is 1140. The highest BCUT2D eigenvalue weighted by molar-refractivity contribution is 6.04. The summed E-state index contributed by atoms with van der Waals surface area (Å²) in [6.07, 6.45) is 2.66. The van der Waals surface area contributed by atoms with Gasteiger partial charge in [-0.05, 0) is 79.1 Å². The number of benzene rings is 2. The van der Waals surface area contributed by atoms with Crippen molar-refractivity contribution in [1.82, 2.24) is 0 Å². The fourth-order valence-corrected chi connectivity index (χ4v) is 4.27. The van der Waals surface area contributed by atoms with Gasteiger partial charge in [-0.25, -0.2) is 0 Å². The molecule has 2 aromatic carbocycles. The first-order valence-corrected chi connectivity index (χ1v) is 14.7. The number of hydrogen-bond donors (Lipinski definition) is 1. The molecule has 226 valence electrons. The summed E-state index contributed by atoms with van der Waals surface area (Å²) in [7, 11) is 0. The van der Waals surface area contributed by atoms with Crippen LogP contribution in [0, 0.1) is 24.2 Å². The number of nitrogens with one attached hydrogen (secondary N) is 1. The molecule has 0 saturated heterocycles. The van der Waals surface area contributed by atoms with E-state index in [0.29, 0.717) is 17.0 Å². The molecule has 41 heavy (non-hydrogen) atoms. The summed E-state index contributed by atoms with van der Waals surface area (Å²) >= 11 is 0. The van der Waals surface area contributed by atoms with Crippen LogP contribution >= 0.6 is 0 Å². The first-order valence-electron chi connectivity index (χ1n) is 14.7. The molecule has 0 atom stereocenters. The maximum atomic E-state index is 12.7. The second-order valence-corrected chi connectivity index (χ2v) is 9.53. The van der Waals surface area contributed by atoms with Crippen molar-refractivity contribution in [2.45, 2.75) is 106 Å². The average molecular weight is 573 g/mol. The van der Waals surface area contributed by atoms with Crippen LogP contribution in [0.1, 0.15) is 120 Å². The number of carbonyl (C=O) groups excluding carboxylic acids is 2.